The van der Waals surface area contributed by atoms with Crippen molar-refractivity contribution in [1.82, 2.24) is 0 Å². The lowest BCUT2D eigenvalue weighted by Crippen LogP contribution is -2.41. The highest BCUT2D eigenvalue weighted by atomic mass is 79.9. The van der Waals surface area contributed by atoms with Crippen LogP contribution in [0.1, 0.15) is 15.9 Å². The maximum atomic E-state index is 13.0. The molecule has 2 aromatic carbocycles. The number of halogens is 4. The van der Waals surface area contributed by atoms with E-state index in [2.05, 4.69) is 15.9 Å². The lowest BCUT2D eigenvalue weighted by molar-refractivity contribution is -0.137. The first-order valence-electron chi connectivity index (χ1n) is 7.74. The van der Waals surface area contributed by atoms with E-state index in [9.17, 15) is 26.4 Å². The molecule has 3 rings (SSSR count). The molecule has 4 nitrogen and oxygen atoms in total. The predicted molar refractivity (Wildman–Crippen MR) is 99.1 cm³/mol. The Kier molecular flexibility index (Phi) is 5.18. The predicted octanol–water partition coefficient (Wildman–Crippen LogP) is 4.43. The molecule has 1 atom stereocenters. The fourth-order valence-electron chi connectivity index (χ4n) is 2.75. The van der Waals surface area contributed by atoms with E-state index in [4.69, 9.17) is 0 Å². The molecular weight excluding hydrogens is 447 g/mol. The van der Waals surface area contributed by atoms with Crippen molar-refractivity contribution in [3.8, 4) is 0 Å². The van der Waals surface area contributed by atoms with Crippen LogP contribution >= 0.6 is 15.9 Å². The number of hydrogen-bond donors (Lipinski definition) is 0. The quantitative estimate of drug-likeness (QED) is 0.682. The van der Waals surface area contributed by atoms with Gasteiger partial charge in [0.1, 0.15) is 0 Å². The molecule has 0 saturated carbocycles. The molecule has 0 bridgehead atoms. The zero-order valence-corrected chi connectivity index (χ0v) is 16.1. The average Bonchev–Trinajstić information content (AvgIpc) is 2.95. The minimum absolute atomic E-state index is 0.176. The van der Waals surface area contributed by atoms with E-state index in [-0.39, 0.29) is 11.3 Å². The van der Waals surface area contributed by atoms with Crippen LogP contribution in [0, 0.1) is 0 Å². The number of sulfone groups is 1. The van der Waals surface area contributed by atoms with Gasteiger partial charge in [-0.2, -0.15) is 13.2 Å². The van der Waals surface area contributed by atoms with E-state index >= 15 is 0 Å². The minimum atomic E-state index is -4.59. The molecule has 142 valence electrons. The summed E-state index contributed by atoms with van der Waals surface area (Å²) in [7, 11) is -3.47. The highest BCUT2D eigenvalue weighted by Crippen LogP contribution is 2.31. The monoisotopic (exact) mass is 459 g/mol. The van der Waals surface area contributed by atoms with Gasteiger partial charge < -0.3 is 4.90 Å². The van der Waals surface area contributed by atoms with E-state index in [0.29, 0.717) is 5.69 Å². The number of hydrogen-bond acceptors (Lipinski definition) is 3. The van der Waals surface area contributed by atoms with Crippen molar-refractivity contribution in [3.05, 3.63) is 75.6 Å². The van der Waals surface area contributed by atoms with Crippen molar-refractivity contribution in [2.75, 3.05) is 10.7 Å². The second-order valence-corrected chi connectivity index (χ2v) is 8.80. The number of anilines is 1. The summed E-state index contributed by atoms with van der Waals surface area (Å²) >= 11 is 3.27. The van der Waals surface area contributed by atoms with E-state index in [1.807, 2.05) is 0 Å². The molecule has 0 N–H and O–H groups in total. The summed E-state index contributed by atoms with van der Waals surface area (Å²) in [6.07, 6.45) is -3.22. The van der Waals surface area contributed by atoms with Crippen LogP contribution < -0.4 is 4.90 Å². The highest BCUT2D eigenvalue weighted by Gasteiger charge is 2.34. The molecule has 9 heteroatoms. The number of rotatable bonds is 3. The van der Waals surface area contributed by atoms with Crippen molar-refractivity contribution < 1.29 is 26.4 Å². The van der Waals surface area contributed by atoms with Crippen LogP contribution in [0.3, 0.4) is 0 Å². The summed E-state index contributed by atoms with van der Waals surface area (Å²) in [4.78, 5) is 14.2. The van der Waals surface area contributed by atoms with Crippen LogP contribution in [0.4, 0.5) is 18.9 Å². The van der Waals surface area contributed by atoms with Crippen molar-refractivity contribution in [2.24, 2.45) is 0 Å². The summed E-state index contributed by atoms with van der Waals surface area (Å²) in [6.45, 7) is 0. The third kappa shape index (κ3) is 4.41. The van der Waals surface area contributed by atoms with Crippen molar-refractivity contribution in [1.29, 1.82) is 0 Å². The zero-order valence-electron chi connectivity index (χ0n) is 13.7. The van der Waals surface area contributed by atoms with Gasteiger partial charge in [0.05, 0.1) is 17.4 Å². The molecule has 0 fully saturated rings. The Morgan fingerprint density at radius 2 is 1.78 bits per heavy atom. The SMILES string of the molecule is O=C(c1cccc(C(F)(F)F)c1)N(c1ccc(Br)cc1)[C@@H]1C=CS(=O)(=O)C1. The average molecular weight is 460 g/mol. The number of carbonyl (C=O) groups is 1. The molecule has 1 heterocycles. The molecule has 2 aromatic rings. The van der Waals surface area contributed by atoms with E-state index < -0.39 is 33.5 Å². The third-order valence-electron chi connectivity index (χ3n) is 4.00. The van der Waals surface area contributed by atoms with Gasteiger partial charge in [-0.05, 0) is 48.5 Å². The molecule has 0 aliphatic carbocycles. The Balaban J connectivity index is 2.04. The van der Waals surface area contributed by atoms with Crippen LogP contribution in [-0.2, 0) is 16.0 Å². The fourth-order valence-corrected chi connectivity index (χ4v) is 4.28. The number of alkyl halides is 3. The molecule has 1 amide bonds. The van der Waals surface area contributed by atoms with E-state index in [0.717, 1.165) is 28.1 Å². The summed E-state index contributed by atoms with van der Waals surface area (Å²) < 4.78 is 63.3. The molecule has 1 aliphatic heterocycles. The molecule has 1 aliphatic rings. The fraction of sp³-hybridized carbons (Fsp3) is 0.167. The summed E-state index contributed by atoms with van der Waals surface area (Å²) in [5.41, 5.74) is -0.739. The van der Waals surface area contributed by atoms with E-state index in [1.165, 1.54) is 17.0 Å². The van der Waals surface area contributed by atoms with Crippen LogP contribution in [-0.4, -0.2) is 26.1 Å². The number of carbonyl (C=O) groups excluding carboxylic acids is 1. The Bertz CT molecular complexity index is 1000. The van der Waals surface area contributed by atoms with Gasteiger partial charge in [-0.3, -0.25) is 4.79 Å². The van der Waals surface area contributed by atoms with Gasteiger partial charge in [0.25, 0.3) is 5.91 Å². The van der Waals surface area contributed by atoms with Gasteiger partial charge in [-0.1, -0.05) is 22.0 Å². The van der Waals surface area contributed by atoms with Crippen LogP contribution in [0.25, 0.3) is 0 Å². The van der Waals surface area contributed by atoms with E-state index in [1.54, 1.807) is 24.3 Å². The normalized spacial score (nSPS) is 18.4. The Hall–Kier alpha value is -2.13. The standard InChI is InChI=1S/C18H13BrF3NO3S/c19-14-4-6-15(7-5-14)23(16-8-9-27(25,26)11-16)17(24)12-2-1-3-13(10-12)18(20,21)22/h1-10,16H,11H2/t16-/m1/s1. The molecule has 0 unspecified atom stereocenters. The van der Waals surface area contributed by atoms with Crippen LogP contribution in [0.2, 0.25) is 0 Å². The minimum Gasteiger partial charge on any atom is -0.300 e. The van der Waals surface area contributed by atoms with Gasteiger partial charge in [0.15, 0.2) is 9.84 Å². The molecule has 27 heavy (non-hydrogen) atoms. The first-order valence-corrected chi connectivity index (χ1v) is 10.2. The van der Waals surface area contributed by atoms with Crippen LogP contribution in [0.15, 0.2) is 64.5 Å². The van der Waals surface area contributed by atoms with Crippen LogP contribution in [0.5, 0.6) is 0 Å². The third-order valence-corrected chi connectivity index (χ3v) is 5.91. The lowest BCUT2D eigenvalue weighted by Gasteiger charge is -2.28. The molecular formula is C18H13BrF3NO3S. The van der Waals surface area contributed by atoms with Gasteiger partial charge in [-0.15, -0.1) is 0 Å². The smallest absolute Gasteiger partial charge is 0.300 e. The zero-order chi connectivity index (χ0) is 19.8. The molecule has 0 aromatic heterocycles. The first-order chi connectivity index (χ1) is 12.6. The maximum Gasteiger partial charge on any atom is 0.416 e. The topological polar surface area (TPSA) is 54.5 Å². The summed E-state index contributed by atoms with van der Waals surface area (Å²) in [5.74, 6) is -1.04. The second-order valence-electron chi connectivity index (χ2n) is 5.96. The lowest BCUT2D eigenvalue weighted by atomic mass is 10.1. The summed E-state index contributed by atoms with van der Waals surface area (Å²) in [6, 6.07) is 9.76. The number of benzene rings is 2. The Morgan fingerprint density at radius 1 is 1.11 bits per heavy atom. The Morgan fingerprint density at radius 3 is 2.33 bits per heavy atom. The highest BCUT2D eigenvalue weighted by molar-refractivity contribution is 9.10. The Labute approximate surface area is 162 Å². The van der Waals surface area contributed by atoms with Gasteiger partial charge in [-0.25, -0.2) is 8.42 Å². The largest absolute Gasteiger partial charge is 0.416 e. The van der Waals surface area contributed by atoms with Crippen molar-refractivity contribution >= 4 is 37.4 Å². The maximum absolute atomic E-state index is 13.0. The molecule has 0 saturated heterocycles. The van der Waals surface area contributed by atoms with Crippen molar-refractivity contribution in [3.63, 3.8) is 0 Å². The number of amides is 1. The summed E-state index contributed by atoms with van der Waals surface area (Å²) in [5, 5.41) is 1.02. The second kappa shape index (κ2) is 7.12. The molecule has 0 radical (unpaired) electrons. The first kappa shape index (κ1) is 19.6. The van der Waals surface area contributed by atoms with Crippen molar-refractivity contribution in [2.45, 2.75) is 12.2 Å². The molecule has 0 spiro atoms. The number of nitrogens with zero attached hydrogens (tertiary/aromatic N) is 1. The van der Waals surface area contributed by atoms with Gasteiger partial charge in [0.2, 0.25) is 0 Å². The van der Waals surface area contributed by atoms with Gasteiger partial charge in [0, 0.05) is 21.1 Å². The van der Waals surface area contributed by atoms with Gasteiger partial charge >= 0.3 is 6.18 Å².